The van der Waals surface area contributed by atoms with Crippen LogP contribution in [0.1, 0.15) is 48.2 Å². The molecule has 52 heavy (non-hydrogen) atoms. The Labute approximate surface area is 304 Å². The summed E-state index contributed by atoms with van der Waals surface area (Å²) in [6.07, 6.45) is 3.19. The summed E-state index contributed by atoms with van der Waals surface area (Å²) in [5.41, 5.74) is 3.12. The normalized spacial score (nSPS) is 18.9. The molecule has 0 bridgehead atoms. The lowest BCUT2D eigenvalue weighted by Crippen LogP contribution is -2.46. The van der Waals surface area contributed by atoms with Crippen LogP contribution < -0.4 is 14.2 Å². The number of aromatic nitrogens is 2. The van der Waals surface area contributed by atoms with Gasteiger partial charge in [0.15, 0.2) is 11.5 Å². The summed E-state index contributed by atoms with van der Waals surface area (Å²) in [7, 11) is 4.77. The second-order valence-electron chi connectivity index (χ2n) is 14.2. The third-order valence-corrected chi connectivity index (χ3v) is 11.0. The molecular weight excluding hydrogens is 659 g/mol. The SMILES string of the molecule is COc1cc(CN2CCC(CCN3CCC(O)(c4nc5ccccc5n4Cc4ccc(F)cc4)CC3)(Cc3ccccc3)C2=O)cc(OC)c1OC. The van der Waals surface area contributed by atoms with E-state index in [1.165, 1.54) is 12.1 Å². The molecule has 10 heteroatoms. The molecule has 2 aliphatic heterocycles. The highest BCUT2D eigenvalue weighted by atomic mass is 19.1. The number of carbonyl (C=O) groups excluding carboxylic acids is 1. The predicted octanol–water partition coefficient (Wildman–Crippen LogP) is 6.58. The molecule has 1 atom stereocenters. The maximum absolute atomic E-state index is 14.5. The second kappa shape index (κ2) is 15.0. The zero-order valence-electron chi connectivity index (χ0n) is 30.2. The number of halogens is 1. The van der Waals surface area contributed by atoms with Crippen LogP contribution in [0.15, 0.2) is 91.0 Å². The van der Waals surface area contributed by atoms with Crippen molar-refractivity contribution >= 4 is 16.9 Å². The number of piperidine rings is 1. The third kappa shape index (κ3) is 7.10. The van der Waals surface area contributed by atoms with E-state index in [2.05, 4.69) is 21.6 Å². The Morgan fingerprint density at radius 2 is 1.44 bits per heavy atom. The Morgan fingerprint density at radius 3 is 2.12 bits per heavy atom. The number of ether oxygens (including phenoxy) is 3. The maximum atomic E-state index is 14.5. The molecule has 272 valence electrons. The number of para-hydroxylation sites is 2. The molecule has 0 spiro atoms. The minimum Gasteiger partial charge on any atom is -0.493 e. The van der Waals surface area contributed by atoms with Gasteiger partial charge in [-0.25, -0.2) is 9.37 Å². The molecule has 4 aromatic carbocycles. The van der Waals surface area contributed by atoms with Crippen LogP contribution in [0.5, 0.6) is 17.2 Å². The molecule has 5 aromatic rings. The number of rotatable bonds is 13. The van der Waals surface area contributed by atoms with Crippen molar-refractivity contribution in [3.63, 3.8) is 0 Å². The Bertz CT molecular complexity index is 1980. The van der Waals surface area contributed by atoms with E-state index >= 15 is 0 Å². The van der Waals surface area contributed by atoms with E-state index in [4.69, 9.17) is 19.2 Å². The van der Waals surface area contributed by atoms with Gasteiger partial charge >= 0.3 is 0 Å². The van der Waals surface area contributed by atoms with Gasteiger partial charge in [-0.3, -0.25) is 4.79 Å². The molecule has 0 saturated carbocycles. The highest BCUT2D eigenvalue weighted by molar-refractivity contribution is 5.85. The van der Waals surface area contributed by atoms with Crippen molar-refractivity contribution in [3.05, 3.63) is 119 Å². The lowest BCUT2D eigenvalue weighted by Gasteiger charge is -2.39. The molecule has 0 aliphatic carbocycles. The molecule has 2 fully saturated rings. The van der Waals surface area contributed by atoms with Gasteiger partial charge in [0.2, 0.25) is 11.7 Å². The molecule has 3 heterocycles. The summed E-state index contributed by atoms with van der Waals surface area (Å²) in [5, 5.41) is 12.2. The number of imidazole rings is 1. The Kier molecular flexibility index (Phi) is 10.2. The number of nitrogens with zero attached hydrogens (tertiary/aromatic N) is 4. The third-order valence-electron chi connectivity index (χ3n) is 11.0. The van der Waals surface area contributed by atoms with Crippen molar-refractivity contribution < 1.29 is 28.5 Å². The molecule has 1 unspecified atom stereocenters. The number of methoxy groups -OCH3 is 3. The molecule has 0 radical (unpaired) electrons. The lowest BCUT2D eigenvalue weighted by molar-refractivity contribution is -0.137. The standard InChI is InChI=1S/C42H47FN4O5/c1-50-36-25-32(26-37(51-2)38(36)52-3)28-46-24-18-41(40(46)48,27-30-9-5-4-6-10-30)17-21-45-22-19-42(49,20-23-45)39-44-34-11-7-8-12-35(34)47(39)29-31-13-15-33(43)16-14-31/h4-16,25-26,49H,17-24,27-29H2,1-3H3. The van der Waals surface area contributed by atoms with Gasteiger partial charge in [0.05, 0.1) is 37.8 Å². The molecule has 7 rings (SSSR count). The first-order valence-electron chi connectivity index (χ1n) is 18.0. The quantitative estimate of drug-likeness (QED) is 0.148. The molecule has 1 aromatic heterocycles. The number of amides is 1. The van der Waals surface area contributed by atoms with Crippen molar-refractivity contribution in [2.45, 2.75) is 50.8 Å². The highest BCUT2D eigenvalue weighted by Gasteiger charge is 2.47. The van der Waals surface area contributed by atoms with E-state index in [0.717, 1.165) is 40.7 Å². The largest absolute Gasteiger partial charge is 0.493 e. The minimum atomic E-state index is -1.11. The smallest absolute Gasteiger partial charge is 0.229 e. The monoisotopic (exact) mass is 706 g/mol. The van der Waals surface area contributed by atoms with Gasteiger partial charge in [-0.1, -0.05) is 54.6 Å². The van der Waals surface area contributed by atoms with E-state index in [1.807, 2.05) is 59.5 Å². The zero-order chi connectivity index (χ0) is 36.3. The van der Waals surface area contributed by atoms with Gasteiger partial charge in [0.1, 0.15) is 17.2 Å². The van der Waals surface area contributed by atoms with Crippen molar-refractivity contribution in [2.24, 2.45) is 5.41 Å². The van der Waals surface area contributed by atoms with E-state index in [9.17, 15) is 14.3 Å². The molecular formula is C42H47FN4O5. The topological polar surface area (TPSA) is 89.3 Å². The van der Waals surface area contributed by atoms with Gasteiger partial charge in [-0.05, 0) is 91.7 Å². The molecule has 9 nitrogen and oxygen atoms in total. The van der Waals surface area contributed by atoms with Crippen LogP contribution >= 0.6 is 0 Å². The second-order valence-corrected chi connectivity index (χ2v) is 14.2. The Morgan fingerprint density at radius 1 is 0.769 bits per heavy atom. The Balaban J connectivity index is 1.07. The number of carbonyl (C=O) groups is 1. The maximum Gasteiger partial charge on any atom is 0.229 e. The summed E-state index contributed by atoms with van der Waals surface area (Å²) in [5.74, 6) is 2.19. The number of likely N-dealkylation sites (tertiary alicyclic amines) is 2. The van der Waals surface area contributed by atoms with Crippen LogP contribution in [0, 0.1) is 11.2 Å². The van der Waals surface area contributed by atoms with E-state index in [-0.39, 0.29) is 11.7 Å². The zero-order valence-corrected chi connectivity index (χ0v) is 30.2. The van der Waals surface area contributed by atoms with Crippen molar-refractivity contribution in [2.75, 3.05) is 47.5 Å². The van der Waals surface area contributed by atoms with Crippen molar-refractivity contribution in [1.29, 1.82) is 0 Å². The van der Waals surface area contributed by atoms with Crippen LogP contribution in [0.2, 0.25) is 0 Å². The van der Waals surface area contributed by atoms with Gasteiger partial charge in [-0.15, -0.1) is 0 Å². The van der Waals surface area contributed by atoms with Crippen molar-refractivity contribution in [3.8, 4) is 17.2 Å². The van der Waals surface area contributed by atoms with E-state index in [1.54, 1.807) is 33.5 Å². The molecule has 1 amide bonds. The highest BCUT2D eigenvalue weighted by Crippen LogP contribution is 2.43. The van der Waals surface area contributed by atoms with Gasteiger partial charge < -0.3 is 33.7 Å². The van der Waals surface area contributed by atoms with Gasteiger partial charge in [0.25, 0.3) is 0 Å². The van der Waals surface area contributed by atoms with Gasteiger partial charge in [-0.2, -0.15) is 0 Å². The van der Waals surface area contributed by atoms with Crippen molar-refractivity contribution in [1.82, 2.24) is 19.4 Å². The number of aliphatic hydroxyl groups is 1. The summed E-state index contributed by atoms with van der Waals surface area (Å²) in [4.78, 5) is 23.8. The summed E-state index contributed by atoms with van der Waals surface area (Å²) >= 11 is 0. The Hall–Kier alpha value is -4.93. The minimum absolute atomic E-state index is 0.160. The summed E-state index contributed by atoms with van der Waals surface area (Å²) in [6.45, 7) is 3.70. The molecule has 1 N–H and O–H groups in total. The van der Waals surface area contributed by atoms with Crippen LogP contribution in [-0.2, 0) is 29.9 Å². The average Bonchev–Trinajstić information content (AvgIpc) is 3.69. The number of hydrogen-bond acceptors (Lipinski definition) is 7. The van der Waals surface area contributed by atoms with Crippen LogP contribution in [-0.4, -0.2) is 77.9 Å². The predicted molar refractivity (Wildman–Crippen MR) is 198 cm³/mol. The van der Waals surface area contributed by atoms with E-state index < -0.39 is 11.0 Å². The number of benzene rings is 4. The number of hydrogen-bond donors (Lipinski definition) is 1. The lowest BCUT2D eigenvalue weighted by atomic mass is 9.77. The van der Waals surface area contributed by atoms with Crippen LogP contribution in [0.3, 0.4) is 0 Å². The summed E-state index contributed by atoms with van der Waals surface area (Å²) in [6, 6.07) is 28.5. The fourth-order valence-corrected chi connectivity index (χ4v) is 8.07. The number of fused-ring (bicyclic) bond motifs is 1. The molecule has 2 aliphatic rings. The first-order chi connectivity index (χ1) is 25.2. The van der Waals surface area contributed by atoms with E-state index in [0.29, 0.717) is 81.5 Å². The first kappa shape index (κ1) is 35.5. The van der Waals surface area contributed by atoms with Gasteiger partial charge in [0, 0.05) is 32.7 Å². The van der Waals surface area contributed by atoms with Crippen LogP contribution in [0.25, 0.3) is 11.0 Å². The van der Waals surface area contributed by atoms with Crippen LogP contribution in [0.4, 0.5) is 4.39 Å². The fourth-order valence-electron chi connectivity index (χ4n) is 8.07. The first-order valence-corrected chi connectivity index (χ1v) is 18.0. The fraction of sp³-hybridized carbons (Fsp3) is 0.381. The molecule has 2 saturated heterocycles. The average molecular weight is 707 g/mol. The summed E-state index contributed by atoms with van der Waals surface area (Å²) < 4.78 is 32.4.